The van der Waals surface area contributed by atoms with Crippen molar-refractivity contribution in [2.75, 3.05) is 0 Å². The van der Waals surface area contributed by atoms with Gasteiger partial charge in [0.25, 0.3) is 0 Å². The second kappa shape index (κ2) is 23.5. The molecule has 0 radical (unpaired) electrons. The minimum absolute atomic E-state index is 0.106. The molecule has 1 fully saturated rings. The van der Waals surface area contributed by atoms with E-state index in [1.165, 1.54) is 44.8 Å². The molecule has 1 saturated heterocycles. The summed E-state index contributed by atoms with van der Waals surface area (Å²) in [5.74, 6) is -3.26. The summed E-state index contributed by atoms with van der Waals surface area (Å²) in [5, 5.41) is 27.0. The number of rotatable bonds is 8. The summed E-state index contributed by atoms with van der Waals surface area (Å²) in [6.07, 6.45) is 0. The molecular weight excluding hydrogens is 950 g/mol. The first-order valence-corrected chi connectivity index (χ1v) is 26.3. The zero-order valence-corrected chi connectivity index (χ0v) is 39.8. The summed E-state index contributed by atoms with van der Waals surface area (Å²) in [7, 11) is 7.85. The van der Waals surface area contributed by atoms with Crippen LogP contribution >= 0.6 is 34.9 Å². The van der Waals surface area contributed by atoms with Crippen LogP contribution in [0.4, 0.5) is 4.39 Å². The normalized spacial score (nSPS) is 13.5. The van der Waals surface area contributed by atoms with Gasteiger partial charge in [0.15, 0.2) is 11.6 Å². The van der Waals surface area contributed by atoms with E-state index < -0.39 is 57.3 Å². The molecule has 12 heteroatoms. The number of hydrogen-bond acceptors (Lipinski definition) is 4. The van der Waals surface area contributed by atoms with Gasteiger partial charge in [0.2, 0.25) is 0 Å². The summed E-state index contributed by atoms with van der Waals surface area (Å²) in [4.78, 5) is 11.1. The predicted octanol–water partition coefficient (Wildman–Crippen LogP) is 10.1. The van der Waals surface area contributed by atoms with Gasteiger partial charge in [-0.25, -0.2) is 9.18 Å². The zero-order chi connectivity index (χ0) is 44.7. The molecule has 8 rings (SSSR count). The Hall–Kier alpha value is -4.17. The largest absolute Gasteiger partial charge is 0.0622 e. The Morgan fingerprint density at radius 3 is 1.03 bits per heavy atom. The third-order valence-electron chi connectivity index (χ3n) is 10.3. The van der Waals surface area contributed by atoms with Crippen LogP contribution in [-0.2, 0) is 25.2 Å². The van der Waals surface area contributed by atoms with Gasteiger partial charge in [-0.1, -0.05) is 182 Å². The Labute approximate surface area is 384 Å². The van der Waals surface area contributed by atoms with Crippen LogP contribution < -0.4 is 37.3 Å². The van der Waals surface area contributed by atoms with Gasteiger partial charge < -0.3 is 19.5 Å². The van der Waals surface area contributed by atoms with Gasteiger partial charge in [0, 0.05) is 0 Å². The van der Waals surface area contributed by atoms with Crippen molar-refractivity contribution in [3.05, 3.63) is 205 Å². The van der Waals surface area contributed by atoms with E-state index in [4.69, 9.17) is 33.5 Å². The van der Waals surface area contributed by atoms with Crippen LogP contribution in [0, 0.1) is 12.7 Å². The molecule has 0 saturated carbocycles. The molecule has 0 aliphatic carbocycles. The molecule has 62 heavy (non-hydrogen) atoms. The molecule has 1 aliphatic rings. The third-order valence-corrected chi connectivity index (χ3v) is 15.2. The van der Waals surface area contributed by atoms with Gasteiger partial charge in [0.1, 0.15) is 5.56 Å². The molecule has 7 aromatic rings. The number of halogens is 3. The number of aromatic carboxylic acids is 1. The number of phenols is 1. The van der Waals surface area contributed by atoms with Crippen molar-refractivity contribution in [3.63, 3.8) is 0 Å². The van der Waals surface area contributed by atoms with Crippen molar-refractivity contribution in [1.29, 1.82) is 0 Å². The van der Waals surface area contributed by atoms with Gasteiger partial charge in [-0.05, 0) is 99.4 Å². The molecule has 5 nitrogen and oxygen atoms in total. The van der Waals surface area contributed by atoms with Crippen LogP contribution in [-0.4, -0.2) is 34.5 Å². The van der Waals surface area contributed by atoms with E-state index in [2.05, 4.69) is 182 Å². The maximum atomic E-state index is 14.0. The molecule has 0 spiro atoms. The van der Waals surface area contributed by atoms with Crippen LogP contribution in [0.5, 0.6) is 5.75 Å². The quantitative estimate of drug-likeness (QED) is 0.117. The van der Waals surface area contributed by atoms with Crippen molar-refractivity contribution >= 4 is 85.3 Å². The number of carbonyl (C=O) groups is 1. The average molecular weight is 998 g/mol. The minimum Gasteiger partial charge on any atom is -0.0622 e. The van der Waals surface area contributed by atoms with E-state index in [1.54, 1.807) is 0 Å². The Bertz CT molecular complexity index is 2120. The summed E-state index contributed by atoms with van der Waals surface area (Å²) in [5.41, 5.74) is -1.39. The molecule has 322 valence electrons. The fourth-order valence-corrected chi connectivity index (χ4v) is 11.1. The summed E-state index contributed by atoms with van der Waals surface area (Å²) >= 11 is -0.106. The van der Waals surface area contributed by atoms with Crippen molar-refractivity contribution in [1.82, 2.24) is 0 Å². The second-order valence-electron chi connectivity index (χ2n) is 14.9. The Balaban J connectivity index is 0.000000170. The Morgan fingerprint density at radius 2 is 0.806 bits per heavy atom. The van der Waals surface area contributed by atoms with E-state index in [-0.39, 0.29) is 27.0 Å². The average Bonchev–Trinajstić information content (AvgIpc) is 3.51. The van der Waals surface area contributed by atoms with Crippen molar-refractivity contribution in [2.45, 2.75) is 45.8 Å². The number of hydrogen-bond donors (Lipinski definition) is 2. The number of benzene rings is 7. The second-order valence-corrected chi connectivity index (χ2v) is 21.7. The van der Waals surface area contributed by atoms with Gasteiger partial charge in [0.05, 0.1) is 11.2 Å². The van der Waals surface area contributed by atoms with E-state index in [0.29, 0.717) is 0 Å². The fraction of sp³-hybridized carbons (Fsp3) is 0.140. The first-order valence-electron chi connectivity index (χ1n) is 19.6. The van der Waals surface area contributed by atoms with Crippen LogP contribution in [0.1, 0.15) is 43.6 Å². The molecule has 2 N–H and O–H groups in total. The third kappa shape index (κ3) is 12.7. The number of aromatic hydroxyl groups is 1. The molecular formula is C50H48BCl2FO5P2Pd. The maximum Gasteiger partial charge on any atom is -0.0134 e. The first kappa shape index (κ1) is 48.9. The van der Waals surface area contributed by atoms with Gasteiger partial charge in [-0.3, -0.25) is 0 Å². The predicted molar refractivity (Wildman–Crippen MR) is 257 cm³/mol. The van der Waals surface area contributed by atoms with Gasteiger partial charge in [-0.15, -0.1) is 0 Å². The van der Waals surface area contributed by atoms with Crippen molar-refractivity contribution in [2.24, 2.45) is 0 Å². The summed E-state index contributed by atoms with van der Waals surface area (Å²) in [6, 6.07) is 65.8. The van der Waals surface area contributed by atoms with Crippen LogP contribution in [0.15, 0.2) is 188 Å². The Kier molecular flexibility index (Phi) is 18.5. The summed E-state index contributed by atoms with van der Waals surface area (Å²) in [6.45, 7) is 8.82. The molecule has 1 aliphatic heterocycles. The molecule has 0 unspecified atom stereocenters. The van der Waals surface area contributed by atoms with Crippen molar-refractivity contribution in [3.8, 4) is 5.75 Å². The van der Waals surface area contributed by atoms with E-state index in [0.717, 1.165) is 0 Å². The van der Waals surface area contributed by atoms with Crippen molar-refractivity contribution < 1.29 is 44.6 Å². The minimum atomic E-state index is -1.41. The van der Waals surface area contributed by atoms with Gasteiger partial charge >= 0.3 is 48.1 Å². The van der Waals surface area contributed by atoms with Crippen LogP contribution in [0.3, 0.4) is 0 Å². The van der Waals surface area contributed by atoms with E-state index >= 15 is 0 Å². The SMILES string of the molecule is Cc1c(B2OC(C)(C)C(C)(C)O2)cc(C(=O)O)c(O)c1F.[Cl][Pd][Cl].c1ccc(P(c2ccccc2)c2ccccc2)cc1.c1ccc(P(c2ccccc2)c2ccccc2)cc1. The molecule has 0 bridgehead atoms. The maximum absolute atomic E-state index is 14.0. The monoisotopic (exact) mass is 996 g/mol. The number of carboxylic acids is 1. The first-order chi connectivity index (χ1) is 29.8. The van der Waals surface area contributed by atoms with Crippen LogP contribution in [0.25, 0.3) is 0 Å². The topological polar surface area (TPSA) is 76.0 Å². The molecule has 7 aromatic carbocycles. The molecule has 0 atom stereocenters. The molecule has 1 heterocycles. The molecule has 0 aromatic heterocycles. The smallest absolute Gasteiger partial charge is 0.0134 e. The van der Waals surface area contributed by atoms with Gasteiger partial charge in [-0.2, -0.15) is 0 Å². The zero-order valence-electron chi connectivity index (χ0n) is 34.9. The molecule has 0 amide bonds. The van der Waals surface area contributed by atoms with Crippen LogP contribution in [0.2, 0.25) is 0 Å². The standard InChI is InChI=1S/2C18H15P.C14H18BFO5.2ClH.Pd/c2*1-4-10-16(11-5-1)19(17-12-6-2-7-13-17)18-14-8-3-9-15-18;1-7-9(6-8(12(18)19)11(17)10(7)16)15-20-13(2,3)14(4,5)21-15;;;/h2*1-15H;6,17H,1-5H3,(H,18,19);2*1H;/q;;;;;+2/p-2. The summed E-state index contributed by atoms with van der Waals surface area (Å²) < 4.78 is 25.6. The number of carboxylic acid groups (broad SMARTS) is 1. The fourth-order valence-electron chi connectivity index (χ4n) is 6.49. The van der Waals surface area contributed by atoms with E-state index in [1.807, 2.05) is 27.7 Å². The Morgan fingerprint density at radius 1 is 0.565 bits per heavy atom. The van der Waals surface area contributed by atoms with E-state index in [9.17, 15) is 14.3 Å².